The van der Waals surface area contributed by atoms with Gasteiger partial charge in [-0.2, -0.15) is 0 Å². The number of aromatic hydroxyl groups is 1. The molecule has 24 heavy (non-hydrogen) atoms. The van der Waals surface area contributed by atoms with E-state index in [1.165, 1.54) is 12.1 Å². The van der Waals surface area contributed by atoms with Crippen LogP contribution in [0.15, 0.2) is 36.4 Å². The summed E-state index contributed by atoms with van der Waals surface area (Å²) in [5.74, 6) is -0.483. The Morgan fingerprint density at radius 1 is 1.08 bits per heavy atom. The fourth-order valence-electron chi connectivity index (χ4n) is 2.24. The van der Waals surface area contributed by atoms with E-state index in [0.717, 1.165) is 11.1 Å². The number of amides is 2. The van der Waals surface area contributed by atoms with E-state index in [0.29, 0.717) is 11.5 Å². The number of rotatable bonds is 3. The van der Waals surface area contributed by atoms with E-state index in [1.54, 1.807) is 24.3 Å². The van der Waals surface area contributed by atoms with Crippen molar-refractivity contribution in [1.82, 2.24) is 5.32 Å². The predicted molar refractivity (Wildman–Crippen MR) is 85.9 cm³/mol. The van der Waals surface area contributed by atoms with Gasteiger partial charge in [0.1, 0.15) is 5.75 Å². The summed E-state index contributed by atoms with van der Waals surface area (Å²) < 4.78 is 10.5. The zero-order valence-corrected chi connectivity index (χ0v) is 13.0. The maximum absolute atomic E-state index is 11.9. The second-order valence-corrected chi connectivity index (χ2v) is 5.35. The van der Waals surface area contributed by atoms with Gasteiger partial charge in [0.15, 0.2) is 11.5 Å². The summed E-state index contributed by atoms with van der Waals surface area (Å²) in [4.78, 5) is 23.8. The van der Waals surface area contributed by atoms with Crippen LogP contribution in [0.2, 0.25) is 0 Å². The molecular formula is C17H16N2O5. The zero-order valence-electron chi connectivity index (χ0n) is 13.0. The molecule has 2 amide bonds. The second kappa shape index (κ2) is 6.49. The SMILES string of the molecule is Cc1ccc(NC(=O)C(=O)NCc2ccc3c(c2)OCO3)c(O)c1. The molecule has 0 fully saturated rings. The fourth-order valence-corrected chi connectivity index (χ4v) is 2.24. The van der Waals surface area contributed by atoms with E-state index in [1.807, 2.05) is 6.92 Å². The first kappa shape index (κ1) is 15.7. The van der Waals surface area contributed by atoms with Crippen LogP contribution in [-0.2, 0) is 16.1 Å². The van der Waals surface area contributed by atoms with Crippen molar-refractivity contribution in [2.45, 2.75) is 13.5 Å². The summed E-state index contributed by atoms with van der Waals surface area (Å²) in [6, 6.07) is 10.0. The van der Waals surface area contributed by atoms with Crippen LogP contribution in [0.25, 0.3) is 0 Å². The highest BCUT2D eigenvalue weighted by molar-refractivity contribution is 6.39. The molecule has 0 unspecified atom stereocenters. The number of phenolic OH excluding ortho intramolecular Hbond substituents is 1. The molecule has 1 aliphatic heterocycles. The van der Waals surface area contributed by atoms with Crippen molar-refractivity contribution in [1.29, 1.82) is 0 Å². The van der Waals surface area contributed by atoms with Crippen molar-refractivity contribution < 1.29 is 24.2 Å². The molecule has 0 aromatic heterocycles. The number of carbonyl (C=O) groups excluding carboxylic acids is 2. The topological polar surface area (TPSA) is 96.9 Å². The molecule has 124 valence electrons. The van der Waals surface area contributed by atoms with E-state index in [-0.39, 0.29) is 24.8 Å². The summed E-state index contributed by atoms with van der Waals surface area (Å²) in [6.45, 7) is 2.15. The number of hydrogen-bond acceptors (Lipinski definition) is 5. The standard InChI is InChI=1S/C17H16N2O5/c1-10-2-4-12(13(20)6-10)19-17(22)16(21)18-8-11-3-5-14-15(7-11)24-9-23-14/h2-7,20H,8-9H2,1H3,(H,18,21)(H,19,22). The normalized spacial score (nSPS) is 11.9. The summed E-state index contributed by atoms with van der Waals surface area (Å²) in [5, 5.41) is 14.6. The monoisotopic (exact) mass is 328 g/mol. The molecule has 7 heteroatoms. The van der Waals surface area contributed by atoms with Gasteiger partial charge in [-0.05, 0) is 42.3 Å². The van der Waals surface area contributed by atoms with E-state index in [9.17, 15) is 14.7 Å². The summed E-state index contributed by atoms with van der Waals surface area (Å²) >= 11 is 0. The average molecular weight is 328 g/mol. The lowest BCUT2D eigenvalue weighted by Gasteiger charge is -2.09. The number of nitrogens with one attached hydrogen (secondary N) is 2. The molecule has 1 heterocycles. The van der Waals surface area contributed by atoms with Crippen LogP contribution in [0.3, 0.4) is 0 Å². The summed E-state index contributed by atoms with van der Waals surface area (Å²) in [6.07, 6.45) is 0. The minimum atomic E-state index is -0.852. The first-order valence-corrected chi connectivity index (χ1v) is 7.30. The number of phenols is 1. The van der Waals surface area contributed by atoms with Gasteiger partial charge in [0.25, 0.3) is 0 Å². The lowest BCUT2D eigenvalue weighted by molar-refractivity contribution is -0.136. The second-order valence-electron chi connectivity index (χ2n) is 5.35. The van der Waals surface area contributed by atoms with E-state index < -0.39 is 11.8 Å². The van der Waals surface area contributed by atoms with Crippen LogP contribution in [0, 0.1) is 6.92 Å². The van der Waals surface area contributed by atoms with Gasteiger partial charge in [-0.25, -0.2) is 0 Å². The van der Waals surface area contributed by atoms with E-state index >= 15 is 0 Å². The Morgan fingerprint density at radius 3 is 2.67 bits per heavy atom. The number of ether oxygens (including phenoxy) is 2. The lowest BCUT2D eigenvalue weighted by atomic mass is 10.2. The van der Waals surface area contributed by atoms with Crippen LogP contribution in [0.1, 0.15) is 11.1 Å². The Labute approximate surface area is 138 Å². The van der Waals surface area contributed by atoms with Crippen LogP contribution < -0.4 is 20.1 Å². The Hall–Kier alpha value is -3.22. The zero-order chi connectivity index (χ0) is 17.1. The molecule has 0 aliphatic carbocycles. The molecule has 0 atom stereocenters. The third kappa shape index (κ3) is 3.40. The van der Waals surface area contributed by atoms with Gasteiger partial charge in [0.2, 0.25) is 6.79 Å². The van der Waals surface area contributed by atoms with Crippen LogP contribution in [0.4, 0.5) is 5.69 Å². The summed E-state index contributed by atoms with van der Waals surface area (Å²) in [5.41, 5.74) is 1.81. The molecule has 0 spiro atoms. The van der Waals surface area contributed by atoms with Crippen molar-refractivity contribution in [3.05, 3.63) is 47.5 Å². The largest absolute Gasteiger partial charge is 0.506 e. The van der Waals surface area contributed by atoms with Crippen LogP contribution in [-0.4, -0.2) is 23.7 Å². The van der Waals surface area contributed by atoms with Gasteiger partial charge in [0, 0.05) is 6.54 Å². The molecule has 0 saturated carbocycles. The number of fused-ring (bicyclic) bond motifs is 1. The van der Waals surface area contributed by atoms with Crippen molar-refractivity contribution >= 4 is 17.5 Å². The highest BCUT2D eigenvalue weighted by Crippen LogP contribution is 2.32. The molecule has 0 radical (unpaired) electrons. The molecule has 2 aromatic carbocycles. The molecule has 2 aromatic rings. The predicted octanol–water partition coefficient (Wildman–Crippen LogP) is 1.68. The van der Waals surface area contributed by atoms with Crippen molar-refractivity contribution in [2.24, 2.45) is 0 Å². The minimum Gasteiger partial charge on any atom is -0.506 e. The Kier molecular flexibility index (Phi) is 4.24. The van der Waals surface area contributed by atoms with Gasteiger partial charge in [-0.1, -0.05) is 12.1 Å². The highest BCUT2D eigenvalue weighted by Gasteiger charge is 2.17. The number of aryl methyl sites for hydroxylation is 1. The molecule has 1 aliphatic rings. The van der Waals surface area contributed by atoms with Crippen molar-refractivity contribution in [3.8, 4) is 17.2 Å². The molecule has 0 saturated heterocycles. The van der Waals surface area contributed by atoms with Crippen LogP contribution >= 0.6 is 0 Å². The third-order valence-electron chi connectivity index (χ3n) is 3.50. The molecule has 3 N–H and O–H groups in total. The highest BCUT2D eigenvalue weighted by atomic mass is 16.7. The quantitative estimate of drug-likeness (QED) is 0.588. The average Bonchev–Trinajstić information content (AvgIpc) is 3.02. The van der Waals surface area contributed by atoms with Gasteiger partial charge in [-0.15, -0.1) is 0 Å². The Morgan fingerprint density at radius 2 is 1.88 bits per heavy atom. The molecule has 0 bridgehead atoms. The van der Waals surface area contributed by atoms with Gasteiger partial charge >= 0.3 is 11.8 Å². The maximum atomic E-state index is 11.9. The van der Waals surface area contributed by atoms with Crippen molar-refractivity contribution in [2.75, 3.05) is 12.1 Å². The third-order valence-corrected chi connectivity index (χ3v) is 3.50. The number of hydrogen-bond donors (Lipinski definition) is 3. The molecular weight excluding hydrogens is 312 g/mol. The van der Waals surface area contributed by atoms with Gasteiger partial charge in [0.05, 0.1) is 5.69 Å². The minimum absolute atomic E-state index is 0.0908. The van der Waals surface area contributed by atoms with E-state index in [2.05, 4.69) is 10.6 Å². The smallest absolute Gasteiger partial charge is 0.313 e. The van der Waals surface area contributed by atoms with Gasteiger partial charge < -0.3 is 25.2 Å². The Balaban J connectivity index is 1.57. The number of anilines is 1. The number of carbonyl (C=O) groups is 2. The fraction of sp³-hybridized carbons (Fsp3) is 0.176. The first-order chi connectivity index (χ1) is 11.5. The van der Waals surface area contributed by atoms with Crippen molar-refractivity contribution in [3.63, 3.8) is 0 Å². The molecule has 7 nitrogen and oxygen atoms in total. The van der Waals surface area contributed by atoms with Gasteiger partial charge in [-0.3, -0.25) is 9.59 Å². The first-order valence-electron chi connectivity index (χ1n) is 7.30. The van der Waals surface area contributed by atoms with E-state index in [4.69, 9.17) is 9.47 Å². The molecule has 3 rings (SSSR count). The maximum Gasteiger partial charge on any atom is 0.313 e. The number of benzene rings is 2. The van der Waals surface area contributed by atoms with Crippen LogP contribution in [0.5, 0.6) is 17.2 Å². The lowest BCUT2D eigenvalue weighted by Crippen LogP contribution is -2.34. The summed E-state index contributed by atoms with van der Waals surface area (Å²) in [7, 11) is 0. The Bertz CT molecular complexity index is 804.